The zero-order valence-electron chi connectivity index (χ0n) is 13.7. The van der Waals surface area contributed by atoms with E-state index in [9.17, 15) is 36.9 Å². The van der Waals surface area contributed by atoms with E-state index in [-0.39, 0.29) is 5.69 Å². The minimum Gasteiger partial charge on any atom is -0.452 e. The number of nitrogens with zero attached hydrogens (tertiary/aromatic N) is 1. The molecule has 2 rings (SSSR count). The maximum absolute atomic E-state index is 13.7. The monoisotopic (exact) mass is 415 g/mol. The van der Waals surface area contributed by atoms with E-state index < -0.39 is 61.2 Å². The molecule has 0 heterocycles. The Labute approximate surface area is 156 Å². The molecule has 0 aliphatic carbocycles. The first-order chi connectivity index (χ1) is 13.0. The third kappa shape index (κ3) is 5.05. The second kappa shape index (κ2) is 8.06. The van der Waals surface area contributed by atoms with Gasteiger partial charge < -0.3 is 10.1 Å². The molecule has 3 N–H and O–H groups in total. The van der Waals surface area contributed by atoms with Gasteiger partial charge >= 0.3 is 11.7 Å². The molecule has 2 aromatic carbocycles. The standard InChI is InChI=1S/C15H11F2N3O7S/c16-11-4-2-9(28(18,25)26)6-10(11)15(22)27-7-14(21)19-8-1-3-12(17)13(5-8)20(23)24/h1-6H,7H2,(H,19,21)(H2,18,25,26). The topological polar surface area (TPSA) is 159 Å². The normalized spacial score (nSPS) is 11.0. The highest BCUT2D eigenvalue weighted by Crippen LogP contribution is 2.21. The Bertz CT molecular complexity index is 1070. The van der Waals surface area contributed by atoms with Crippen molar-refractivity contribution < 1.29 is 36.4 Å². The van der Waals surface area contributed by atoms with Crippen LogP contribution in [0.3, 0.4) is 0 Å². The number of hydrogen-bond acceptors (Lipinski definition) is 7. The van der Waals surface area contributed by atoms with Crippen LogP contribution in [0.4, 0.5) is 20.2 Å². The van der Waals surface area contributed by atoms with Gasteiger partial charge in [-0.05, 0) is 30.3 Å². The van der Waals surface area contributed by atoms with E-state index in [1.54, 1.807) is 0 Å². The van der Waals surface area contributed by atoms with Crippen molar-refractivity contribution in [3.05, 3.63) is 63.7 Å². The molecule has 0 aromatic heterocycles. The fourth-order valence-electron chi connectivity index (χ4n) is 1.97. The second-order valence-electron chi connectivity index (χ2n) is 5.23. The number of ether oxygens (including phenoxy) is 1. The summed E-state index contributed by atoms with van der Waals surface area (Å²) in [5, 5.41) is 17.7. The van der Waals surface area contributed by atoms with Gasteiger partial charge in [0.15, 0.2) is 6.61 Å². The Hall–Kier alpha value is -3.45. The Morgan fingerprint density at radius 3 is 2.39 bits per heavy atom. The van der Waals surface area contributed by atoms with Crippen molar-refractivity contribution in [3.63, 3.8) is 0 Å². The van der Waals surface area contributed by atoms with Crippen molar-refractivity contribution >= 4 is 33.3 Å². The Morgan fingerprint density at radius 1 is 1.14 bits per heavy atom. The molecular weight excluding hydrogens is 404 g/mol. The predicted octanol–water partition coefficient (Wildman–Crippen LogP) is 1.32. The van der Waals surface area contributed by atoms with Crippen LogP contribution in [0, 0.1) is 21.7 Å². The first-order valence-corrected chi connectivity index (χ1v) is 8.77. The lowest BCUT2D eigenvalue weighted by molar-refractivity contribution is -0.387. The van der Waals surface area contributed by atoms with E-state index >= 15 is 0 Å². The van der Waals surface area contributed by atoms with Gasteiger partial charge in [0.25, 0.3) is 5.91 Å². The van der Waals surface area contributed by atoms with Crippen LogP contribution in [0.5, 0.6) is 0 Å². The number of primary sulfonamides is 1. The zero-order chi connectivity index (χ0) is 21.1. The summed E-state index contributed by atoms with van der Waals surface area (Å²) in [5.74, 6) is -4.52. The van der Waals surface area contributed by atoms with Gasteiger partial charge in [-0.2, -0.15) is 4.39 Å². The largest absolute Gasteiger partial charge is 0.452 e. The number of carbonyl (C=O) groups excluding carboxylic acids is 2. The van der Waals surface area contributed by atoms with Gasteiger partial charge in [-0.25, -0.2) is 22.7 Å². The lowest BCUT2D eigenvalue weighted by Gasteiger charge is -2.08. The summed E-state index contributed by atoms with van der Waals surface area (Å²) in [4.78, 5) is 32.8. The van der Waals surface area contributed by atoms with E-state index in [1.165, 1.54) is 0 Å². The summed E-state index contributed by atoms with van der Waals surface area (Å²) in [5.41, 5.74) is -1.79. The molecule has 0 bridgehead atoms. The number of amides is 1. The number of rotatable bonds is 6. The first kappa shape index (κ1) is 20.9. The van der Waals surface area contributed by atoms with Crippen LogP contribution in [0.1, 0.15) is 10.4 Å². The molecule has 0 fully saturated rings. The lowest BCUT2D eigenvalue weighted by Crippen LogP contribution is -2.22. The fourth-order valence-corrected chi connectivity index (χ4v) is 2.51. The minimum absolute atomic E-state index is 0.142. The van der Waals surface area contributed by atoms with Crippen LogP contribution in [0.2, 0.25) is 0 Å². The van der Waals surface area contributed by atoms with Crippen molar-refractivity contribution in [1.82, 2.24) is 0 Å². The maximum atomic E-state index is 13.7. The molecule has 0 saturated carbocycles. The summed E-state index contributed by atoms with van der Waals surface area (Å²) >= 11 is 0. The van der Waals surface area contributed by atoms with Gasteiger partial charge in [0, 0.05) is 11.8 Å². The third-order valence-corrected chi connectivity index (χ3v) is 4.16. The molecule has 148 valence electrons. The number of nitrogens with one attached hydrogen (secondary N) is 1. The Balaban J connectivity index is 2.06. The highest BCUT2D eigenvalue weighted by molar-refractivity contribution is 7.89. The lowest BCUT2D eigenvalue weighted by atomic mass is 10.2. The van der Waals surface area contributed by atoms with Gasteiger partial charge in [-0.3, -0.25) is 14.9 Å². The molecule has 0 spiro atoms. The number of nitrogens with two attached hydrogens (primary N) is 1. The van der Waals surface area contributed by atoms with Crippen LogP contribution in [-0.4, -0.2) is 31.8 Å². The summed E-state index contributed by atoms with van der Waals surface area (Å²) in [6, 6.07) is 4.73. The van der Waals surface area contributed by atoms with E-state index in [4.69, 9.17) is 5.14 Å². The Morgan fingerprint density at radius 2 is 1.79 bits per heavy atom. The highest BCUT2D eigenvalue weighted by Gasteiger charge is 2.20. The number of benzene rings is 2. The highest BCUT2D eigenvalue weighted by atomic mass is 32.2. The molecule has 0 atom stereocenters. The Kier molecular flexibility index (Phi) is 6.00. The number of halogens is 2. The van der Waals surface area contributed by atoms with Gasteiger partial charge in [0.2, 0.25) is 15.8 Å². The molecular formula is C15H11F2N3O7S. The van der Waals surface area contributed by atoms with Crippen LogP contribution in [-0.2, 0) is 19.6 Å². The summed E-state index contributed by atoms with van der Waals surface area (Å²) in [6.07, 6.45) is 0. The average molecular weight is 415 g/mol. The fraction of sp³-hybridized carbons (Fsp3) is 0.0667. The van der Waals surface area contributed by atoms with Crippen molar-refractivity contribution in [2.75, 3.05) is 11.9 Å². The second-order valence-corrected chi connectivity index (χ2v) is 6.80. The third-order valence-electron chi connectivity index (χ3n) is 3.25. The van der Waals surface area contributed by atoms with E-state index in [1.807, 2.05) is 0 Å². The van der Waals surface area contributed by atoms with E-state index in [0.717, 1.165) is 24.3 Å². The molecule has 0 unspecified atom stereocenters. The number of hydrogen-bond donors (Lipinski definition) is 2. The van der Waals surface area contributed by atoms with Gasteiger partial charge in [-0.1, -0.05) is 0 Å². The number of carbonyl (C=O) groups is 2. The SMILES string of the molecule is NS(=O)(=O)c1ccc(F)c(C(=O)OCC(=O)Nc2ccc(F)c([N+](=O)[O-])c2)c1. The molecule has 0 aliphatic heterocycles. The smallest absolute Gasteiger partial charge is 0.341 e. The maximum Gasteiger partial charge on any atom is 0.341 e. The van der Waals surface area contributed by atoms with Gasteiger partial charge in [0.05, 0.1) is 15.4 Å². The number of nitro benzene ring substituents is 1. The van der Waals surface area contributed by atoms with E-state index in [0.29, 0.717) is 12.1 Å². The van der Waals surface area contributed by atoms with Crippen LogP contribution < -0.4 is 10.5 Å². The summed E-state index contributed by atoms with van der Waals surface area (Å²) in [7, 11) is -4.20. The molecule has 0 aliphatic rings. The van der Waals surface area contributed by atoms with Crippen LogP contribution >= 0.6 is 0 Å². The van der Waals surface area contributed by atoms with Crippen molar-refractivity contribution in [3.8, 4) is 0 Å². The van der Waals surface area contributed by atoms with Crippen LogP contribution in [0.15, 0.2) is 41.3 Å². The molecule has 0 saturated heterocycles. The number of esters is 1. The number of nitro groups is 1. The predicted molar refractivity (Wildman–Crippen MR) is 89.7 cm³/mol. The zero-order valence-corrected chi connectivity index (χ0v) is 14.5. The molecule has 0 radical (unpaired) electrons. The van der Waals surface area contributed by atoms with E-state index in [2.05, 4.69) is 10.1 Å². The molecule has 13 heteroatoms. The van der Waals surface area contributed by atoms with Crippen molar-refractivity contribution in [2.45, 2.75) is 4.90 Å². The average Bonchev–Trinajstić information content (AvgIpc) is 2.60. The molecule has 2 aromatic rings. The van der Waals surface area contributed by atoms with Crippen LogP contribution in [0.25, 0.3) is 0 Å². The van der Waals surface area contributed by atoms with Crippen molar-refractivity contribution in [1.29, 1.82) is 0 Å². The quantitative estimate of drug-likeness (QED) is 0.409. The molecule has 28 heavy (non-hydrogen) atoms. The molecule has 1 amide bonds. The summed E-state index contributed by atoms with van der Waals surface area (Å²) in [6.45, 7) is -0.928. The van der Waals surface area contributed by atoms with Gasteiger partial charge in [-0.15, -0.1) is 0 Å². The minimum atomic E-state index is -4.20. The first-order valence-electron chi connectivity index (χ1n) is 7.22. The van der Waals surface area contributed by atoms with Gasteiger partial charge in [0.1, 0.15) is 5.82 Å². The summed E-state index contributed by atoms with van der Waals surface area (Å²) < 4.78 is 54.0. The number of anilines is 1. The van der Waals surface area contributed by atoms with Crippen molar-refractivity contribution in [2.24, 2.45) is 5.14 Å². The molecule has 10 nitrogen and oxygen atoms in total. The number of sulfonamides is 1.